The summed E-state index contributed by atoms with van der Waals surface area (Å²) in [6, 6.07) is 4.79. The summed E-state index contributed by atoms with van der Waals surface area (Å²) in [7, 11) is -3.62. The van der Waals surface area contributed by atoms with E-state index < -0.39 is 10.0 Å². The van der Waals surface area contributed by atoms with Crippen molar-refractivity contribution in [2.24, 2.45) is 5.14 Å². The smallest absolute Gasteiger partial charge is 0.225 e. The lowest BCUT2D eigenvalue weighted by Gasteiger charge is -2.09. The minimum atomic E-state index is -3.62. The summed E-state index contributed by atoms with van der Waals surface area (Å²) < 4.78 is 22.6. The molecule has 0 amide bonds. The molecule has 1 aromatic carbocycles. The number of aryl methyl sites for hydroxylation is 3. The molecule has 4 heteroatoms. The summed E-state index contributed by atoms with van der Waals surface area (Å²) in [5, 5.41) is 5.14. The summed E-state index contributed by atoms with van der Waals surface area (Å²) in [5.74, 6) is 0. The third-order valence-electron chi connectivity index (χ3n) is 2.05. The van der Waals surface area contributed by atoms with Crippen LogP contribution in [0.1, 0.15) is 23.6 Å². The standard InChI is InChI=1S/C10H14NO2S/c1-4-9-6-7(2)5-8(3)10(9)14(11,12)13/h5H,4H2,1-3H3,(H2,11,12,13). The van der Waals surface area contributed by atoms with Gasteiger partial charge in [-0.05, 0) is 43.0 Å². The average molecular weight is 212 g/mol. The van der Waals surface area contributed by atoms with E-state index in [9.17, 15) is 8.42 Å². The lowest BCUT2D eigenvalue weighted by Crippen LogP contribution is -2.16. The zero-order valence-electron chi connectivity index (χ0n) is 8.59. The number of rotatable bonds is 2. The first-order chi connectivity index (χ1) is 6.36. The van der Waals surface area contributed by atoms with Crippen LogP contribution in [0.4, 0.5) is 0 Å². The van der Waals surface area contributed by atoms with E-state index in [1.165, 1.54) is 0 Å². The molecule has 0 spiro atoms. The van der Waals surface area contributed by atoms with Gasteiger partial charge in [0.1, 0.15) is 0 Å². The molecule has 1 aromatic rings. The van der Waals surface area contributed by atoms with Crippen LogP contribution in [-0.2, 0) is 16.4 Å². The maximum absolute atomic E-state index is 11.3. The summed E-state index contributed by atoms with van der Waals surface area (Å²) in [4.78, 5) is 0.227. The minimum Gasteiger partial charge on any atom is -0.225 e. The molecule has 0 bridgehead atoms. The summed E-state index contributed by atoms with van der Waals surface area (Å²) >= 11 is 0. The van der Waals surface area contributed by atoms with E-state index in [0.29, 0.717) is 17.5 Å². The first kappa shape index (κ1) is 11.2. The van der Waals surface area contributed by atoms with E-state index in [-0.39, 0.29) is 4.90 Å². The monoisotopic (exact) mass is 212 g/mol. The highest BCUT2D eigenvalue weighted by Gasteiger charge is 2.16. The van der Waals surface area contributed by atoms with Crippen molar-refractivity contribution in [2.75, 3.05) is 0 Å². The molecule has 0 heterocycles. The van der Waals surface area contributed by atoms with Gasteiger partial charge < -0.3 is 0 Å². The highest BCUT2D eigenvalue weighted by molar-refractivity contribution is 7.89. The Kier molecular flexibility index (Phi) is 2.97. The highest BCUT2D eigenvalue weighted by atomic mass is 32.2. The fourth-order valence-corrected chi connectivity index (χ4v) is 2.65. The molecule has 1 rings (SSSR count). The molecule has 0 unspecified atom stereocenters. The van der Waals surface area contributed by atoms with E-state index in [2.05, 4.69) is 6.07 Å². The third kappa shape index (κ3) is 2.13. The maximum atomic E-state index is 11.3. The van der Waals surface area contributed by atoms with Crippen LogP contribution in [0.3, 0.4) is 0 Å². The average Bonchev–Trinajstić information content (AvgIpc) is 1.99. The van der Waals surface area contributed by atoms with Gasteiger partial charge in [0.05, 0.1) is 4.90 Å². The van der Waals surface area contributed by atoms with Gasteiger partial charge in [-0.25, -0.2) is 13.6 Å². The SMILES string of the molecule is CCc1[c]c(C)cc(C)c1S(N)(=O)=O. The lowest BCUT2D eigenvalue weighted by atomic mass is 10.1. The molecule has 77 valence electrons. The Balaban J connectivity index is 3.57. The first-order valence-corrected chi connectivity index (χ1v) is 5.96. The van der Waals surface area contributed by atoms with Gasteiger partial charge in [0.2, 0.25) is 10.0 Å². The van der Waals surface area contributed by atoms with Crippen LogP contribution < -0.4 is 5.14 Å². The van der Waals surface area contributed by atoms with Crippen molar-refractivity contribution < 1.29 is 8.42 Å². The van der Waals surface area contributed by atoms with E-state index in [1.807, 2.05) is 13.8 Å². The Labute approximate surface area is 85.0 Å². The molecule has 3 nitrogen and oxygen atoms in total. The normalized spacial score (nSPS) is 11.7. The molecule has 2 N–H and O–H groups in total. The second-order valence-electron chi connectivity index (χ2n) is 3.34. The van der Waals surface area contributed by atoms with E-state index in [1.54, 1.807) is 13.0 Å². The van der Waals surface area contributed by atoms with Crippen molar-refractivity contribution >= 4 is 10.0 Å². The molecule has 0 aliphatic heterocycles. The van der Waals surface area contributed by atoms with Crippen molar-refractivity contribution in [2.45, 2.75) is 32.1 Å². The van der Waals surface area contributed by atoms with Gasteiger partial charge in [-0.3, -0.25) is 0 Å². The number of benzene rings is 1. The van der Waals surface area contributed by atoms with Crippen molar-refractivity contribution in [3.05, 3.63) is 28.8 Å². The van der Waals surface area contributed by atoms with Gasteiger partial charge in [0.25, 0.3) is 0 Å². The van der Waals surface area contributed by atoms with Gasteiger partial charge >= 0.3 is 0 Å². The predicted molar refractivity (Wildman–Crippen MR) is 55.5 cm³/mol. The van der Waals surface area contributed by atoms with Crippen LogP contribution >= 0.6 is 0 Å². The van der Waals surface area contributed by atoms with Gasteiger partial charge in [-0.15, -0.1) is 0 Å². The molecule has 1 radical (unpaired) electrons. The van der Waals surface area contributed by atoms with Crippen molar-refractivity contribution in [1.29, 1.82) is 0 Å². The Morgan fingerprint density at radius 2 is 2.00 bits per heavy atom. The summed E-state index contributed by atoms with van der Waals surface area (Å²) in [5.41, 5.74) is 2.30. The molecule has 0 aliphatic rings. The summed E-state index contributed by atoms with van der Waals surface area (Å²) in [6.45, 7) is 5.53. The van der Waals surface area contributed by atoms with Gasteiger partial charge in [-0.1, -0.05) is 13.0 Å². The topological polar surface area (TPSA) is 60.2 Å². The highest BCUT2D eigenvalue weighted by Crippen LogP contribution is 2.20. The molecule has 0 fully saturated rings. The Morgan fingerprint density at radius 1 is 1.43 bits per heavy atom. The van der Waals surface area contributed by atoms with Crippen molar-refractivity contribution in [3.8, 4) is 0 Å². The minimum absolute atomic E-state index is 0.227. The molecule has 0 saturated carbocycles. The van der Waals surface area contributed by atoms with Gasteiger partial charge in [0, 0.05) is 0 Å². The molecular weight excluding hydrogens is 198 g/mol. The molecule has 0 saturated heterocycles. The first-order valence-electron chi connectivity index (χ1n) is 4.41. The fraction of sp³-hybridized carbons (Fsp3) is 0.400. The Morgan fingerprint density at radius 3 is 2.43 bits per heavy atom. The van der Waals surface area contributed by atoms with Crippen LogP contribution in [0.2, 0.25) is 0 Å². The van der Waals surface area contributed by atoms with E-state index >= 15 is 0 Å². The number of primary sulfonamides is 1. The van der Waals surface area contributed by atoms with Crippen molar-refractivity contribution in [3.63, 3.8) is 0 Å². The molecule has 0 aromatic heterocycles. The zero-order chi connectivity index (χ0) is 10.9. The third-order valence-corrected chi connectivity index (χ3v) is 3.19. The van der Waals surface area contributed by atoms with E-state index in [4.69, 9.17) is 5.14 Å². The fourth-order valence-electron chi connectivity index (χ4n) is 1.60. The maximum Gasteiger partial charge on any atom is 0.238 e. The zero-order valence-corrected chi connectivity index (χ0v) is 9.40. The van der Waals surface area contributed by atoms with Gasteiger partial charge in [-0.2, -0.15) is 0 Å². The van der Waals surface area contributed by atoms with Crippen LogP contribution in [0, 0.1) is 19.9 Å². The van der Waals surface area contributed by atoms with Crippen LogP contribution in [-0.4, -0.2) is 8.42 Å². The van der Waals surface area contributed by atoms with Crippen LogP contribution in [0.25, 0.3) is 0 Å². The molecule has 0 aliphatic carbocycles. The van der Waals surface area contributed by atoms with E-state index in [0.717, 1.165) is 5.56 Å². The lowest BCUT2D eigenvalue weighted by molar-refractivity contribution is 0.596. The Bertz CT molecular complexity index is 449. The largest absolute Gasteiger partial charge is 0.238 e. The second kappa shape index (κ2) is 3.71. The number of hydrogen-bond donors (Lipinski definition) is 1. The van der Waals surface area contributed by atoms with Crippen LogP contribution in [0.5, 0.6) is 0 Å². The number of nitrogens with two attached hydrogens (primary N) is 1. The summed E-state index contributed by atoms with van der Waals surface area (Å²) in [6.07, 6.45) is 0.619. The number of hydrogen-bond acceptors (Lipinski definition) is 2. The van der Waals surface area contributed by atoms with Gasteiger partial charge in [0.15, 0.2) is 0 Å². The molecule has 0 atom stereocenters. The number of sulfonamides is 1. The van der Waals surface area contributed by atoms with Crippen molar-refractivity contribution in [1.82, 2.24) is 0 Å². The second-order valence-corrected chi connectivity index (χ2v) is 4.84. The molecule has 14 heavy (non-hydrogen) atoms. The predicted octanol–water partition coefficient (Wildman–Crippen LogP) is 1.31. The Hall–Kier alpha value is -0.870. The molecular formula is C10H14NO2S. The quantitative estimate of drug-likeness (QED) is 0.803. The van der Waals surface area contributed by atoms with Crippen LogP contribution in [0.15, 0.2) is 11.0 Å².